The lowest BCUT2D eigenvalue weighted by Crippen LogP contribution is -2.38. The Kier molecular flexibility index (Phi) is 4.99. The highest BCUT2D eigenvalue weighted by atomic mass is 35.7. The van der Waals surface area contributed by atoms with Gasteiger partial charge in [-0.25, -0.2) is 8.42 Å². The Morgan fingerprint density at radius 3 is 2.52 bits per heavy atom. The van der Waals surface area contributed by atoms with E-state index in [2.05, 4.69) is 12.2 Å². The van der Waals surface area contributed by atoms with Crippen LogP contribution < -0.4 is 5.32 Å². The maximum absolute atomic E-state index is 12.3. The van der Waals surface area contributed by atoms with Crippen molar-refractivity contribution < 1.29 is 13.2 Å². The minimum atomic E-state index is -3.82. The molecule has 7 heteroatoms. The number of nitrogens with one attached hydrogen (secondary N) is 1. The quantitative estimate of drug-likeness (QED) is 0.862. The fourth-order valence-corrected chi connectivity index (χ4v) is 3.49. The molecule has 118 valence electrons. The Bertz CT molecular complexity index is 616. The Labute approximate surface area is 130 Å². The molecule has 1 amide bonds. The summed E-state index contributed by atoms with van der Waals surface area (Å²) >= 11 is 0. The SMILES string of the molecule is CCn1cc(S(=O)(=O)Cl)cc1C(=O)NC1CCC(C)CC1. The number of aromatic nitrogens is 1. The van der Waals surface area contributed by atoms with E-state index < -0.39 is 9.05 Å². The van der Waals surface area contributed by atoms with Crippen LogP contribution in [0.25, 0.3) is 0 Å². The van der Waals surface area contributed by atoms with E-state index in [9.17, 15) is 13.2 Å². The van der Waals surface area contributed by atoms with E-state index in [4.69, 9.17) is 10.7 Å². The molecule has 21 heavy (non-hydrogen) atoms. The molecule has 0 bridgehead atoms. The Morgan fingerprint density at radius 1 is 1.38 bits per heavy atom. The highest BCUT2D eigenvalue weighted by molar-refractivity contribution is 8.13. The van der Waals surface area contributed by atoms with Crippen molar-refractivity contribution in [1.82, 2.24) is 9.88 Å². The summed E-state index contributed by atoms with van der Waals surface area (Å²) in [7, 11) is 1.52. The predicted octanol–water partition coefficient (Wildman–Crippen LogP) is 2.74. The normalized spacial score (nSPS) is 23.0. The number of hydrogen-bond acceptors (Lipinski definition) is 3. The van der Waals surface area contributed by atoms with Crippen LogP contribution >= 0.6 is 10.7 Å². The van der Waals surface area contributed by atoms with Gasteiger partial charge in [-0.15, -0.1) is 0 Å². The second-order valence-corrected chi connectivity index (χ2v) is 8.28. The molecule has 0 aliphatic heterocycles. The molecule has 1 aliphatic rings. The Balaban J connectivity index is 2.13. The fourth-order valence-electron chi connectivity index (χ4n) is 2.73. The van der Waals surface area contributed by atoms with Crippen LogP contribution in [-0.2, 0) is 15.6 Å². The molecule has 0 spiro atoms. The van der Waals surface area contributed by atoms with E-state index in [-0.39, 0.29) is 16.8 Å². The van der Waals surface area contributed by atoms with Gasteiger partial charge in [0.05, 0.1) is 0 Å². The molecule has 0 aromatic carbocycles. The predicted molar refractivity (Wildman–Crippen MR) is 82.0 cm³/mol. The number of carbonyl (C=O) groups is 1. The average molecular weight is 333 g/mol. The second kappa shape index (κ2) is 6.40. The molecule has 1 fully saturated rings. The summed E-state index contributed by atoms with van der Waals surface area (Å²) in [4.78, 5) is 12.3. The van der Waals surface area contributed by atoms with Crippen molar-refractivity contribution in [1.29, 1.82) is 0 Å². The summed E-state index contributed by atoms with van der Waals surface area (Å²) in [6.45, 7) is 4.58. The molecule has 2 rings (SSSR count). The van der Waals surface area contributed by atoms with Crippen LogP contribution in [-0.4, -0.2) is 24.9 Å². The first kappa shape index (κ1) is 16.4. The lowest BCUT2D eigenvalue weighted by molar-refractivity contribution is 0.0913. The summed E-state index contributed by atoms with van der Waals surface area (Å²) in [6, 6.07) is 1.51. The van der Waals surface area contributed by atoms with E-state index in [0.717, 1.165) is 25.7 Å². The van der Waals surface area contributed by atoms with E-state index in [0.29, 0.717) is 18.2 Å². The number of nitrogens with zero attached hydrogens (tertiary/aromatic N) is 1. The summed E-state index contributed by atoms with van der Waals surface area (Å²) in [5.41, 5.74) is 0.343. The molecule has 1 aromatic heterocycles. The van der Waals surface area contributed by atoms with E-state index in [1.807, 2.05) is 6.92 Å². The third kappa shape index (κ3) is 4.01. The standard InChI is InChI=1S/C14H21ClN2O3S/c1-3-17-9-12(21(15,19)20)8-13(17)14(18)16-11-6-4-10(2)5-7-11/h8-11H,3-7H2,1-2H3,(H,16,18). The third-order valence-corrected chi connectivity index (χ3v) is 5.40. The van der Waals surface area contributed by atoms with Gasteiger partial charge in [0.15, 0.2) is 0 Å². The van der Waals surface area contributed by atoms with Crippen LogP contribution in [0.2, 0.25) is 0 Å². The van der Waals surface area contributed by atoms with E-state index in [1.54, 1.807) is 4.57 Å². The molecule has 0 atom stereocenters. The van der Waals surface area contributed by atoms with Crippen molar-refractivity contribution in [3.8, 4) is 0 Å². The molecule has 1 saturated carbocycles. The van der Waals surface area contributed by atoms with Crippen LogP contribution in [0, 0.1) is 5.92 Å². The largest absolute Gasteiger partial charge is 0.348 e. The highest BCUT2D eigenvalue weighted by Crippen LogP contribution is 2.24. The lowest BCUT2D eigenvalue weighted by Gasteiger charge is -2.27. The van der Waals surface area contributed by atoms with Crippen LogP contribution in [0.4, 0.5) is 0 Å². The summed E-state index contributed by atoms with van der Waals surface area (Å²) in [6.07, 6.45) is 5.57. The van der Waals surface area contributed by atoms with Crippen molar-refractivity contribution in [2.45, 2.75) is 57.0 Å². The summed E-state index contributed by atoms with van der Waals surface area (Å²) in [5.74, 6) is 0.480. The Morgan fingerprint density at radius 2 is 2.00 bits per heavy atom. The topological polar surface area (TPSA) is 68.2 Å². The molecular weight excluding hydrogens is 312 g/mol. The van der Waals surface area contributed by atoms with Gasteiger partial charge in [-0.2, -0.15) is 0 Å². The van der Waals surface area contributed by atoms with Crippen LogP contribution in [0.3, 0.4) is 0 Å². The van der Waals surface area contributed by atoms with Crippen molar-refractivity contribution in [3.05, 3.63) is 18.0 Å². The van der Waals surface area contributed by atoms with Crippen LogP contribution in [0.15, 0.2) is 17.2 Å². The fraction of sp³-hybridized carbons (Fsp3) is 0.643. The minimum Gasteiger partial charge on any atom is -0.348 e. The van der Waals surface area contributed by atoms with E-state index in [1.165, 1.54) is 12.3 Å². The van der Waals surface area contributed by atoms with Gasteiger partial charge in [0, 0.05) is 29.5 Å². The van der Waals surface area contributed by atoms with Crippen molar-refractivity contribution >= 4 is 25.6 Å². The van der Waals surface area contributed by atoms with Gasteiger partial charge in [0.25, 0.3) is 15.0 Å². The van der Waals surface area contributed by atoms with Gasteiger partial charge in [-0.3, -0.25) is 4.79 Å². The lowest BCUT2D eigenvalue weighted by atomic mass is 9.87. The van der Waals surface area contributed by atoms with Crippen molar-refractivity contribution in [2.24, 2.45) is 5.92 Å². The molecule has 1 aliphatic carbocycles. The summed E-state index contributed by atoms with van der Waals surface area (Å²) < 4.78 is 24.4. The number of amides is 1. The third-order valence-electron chi connectivity index (χ3n) is 4.08. The van der Waals surface area contributed by atoms with Gasteiger partial charge in [-0.05, 0) is 44.6 Å². The van der Waals surface area contributed by atoms with Gasteiger partial charge in [-0.1, -0.05) is 6.92 Å². The van der Waals surface area contributed by atoms with Crippen LogP contribution in [0.5, 0.6) is 0 Å². The number of rotatable bonds is 4. The first-order valence-corrected chi connectivity index (χ1v) is 9.58. The Hall–Kier alpha value is -1.01. The molecular formula is C14H21ClN2O3S. The molecule has 0 saturated heterocycles. The number of aryl methyl sites for hydroxylation is 1. The number of hydrogen-bond donors (Lipinski definition) is 1. The first-order valence-electron chi connectivity index (χ1n) is 7.27. The molecule has 1 N–H and O–H groups in total. The van der Waals surface area contributed by atoms with Gasteiger partial charge in [0.1, 0.15) is 10.6 Å². The molecule has 1 aromatic rings. The van der Waals surface area contributed by atoms with Crippen molar-refractivity contribution in [3.63, 3.8) is 0 Å². The zero-order chi connectivity index (χ0) is 15.6. The minimum absolute atomic E-state index is 0.0339. The van der Waals surface area contributed by atoms with Gasteiger partial charge in [0.2, 0.25) is 0 Å². The first-order chi connectivity index (χ1) is 9.81. The monoisotopic (exact) mass is 332 g/mol. The number of halogens is 1. The molecule has 0 unspecified atom stereocenters. The molecule has 5 nitrogen and oxygen atoms in total. The van der Waals surface area contributed by atoms with E-state index >= 15 is 0 Å². The molecule has 1 heterocycles. The van der Waals surface area contributed by atoms with Gasteiger partial charge < -0.3 is 9.88 Å². The maximum atomic E-state index is 12.3. The zero-order valence-electron chi connectivity index (χ0n) is 12.3. The maximum Gasteiger partial charge on any atom is 0.268 e. The zero-order valence-corrected chi connectivity index (χ0v) is 13.9. The molecule has 0 radical (unpaired) electrons. The van der Waals surface area contributed by atoms with Gasteiger partial charge >= 0.3 is 0 Å². The highest BCUT2D eigenvalue weighted by Gasteiger charge is 2.23. The average Bonchev–Trinajstić information content (AvgIpc) is 2.85. The second-order valence-electron chi connectivity index (χ2n) is 5.72. The summed E-state index contributed by atoms with van der Waals surface area (Å²) in [5, 5.41) is 3.00. The smallest absolute Gasteiger partial charge is 0.268 e. The van der Waals surface area contributed by atoms with Crippen molar-refractivity contribution in [2.75, 3.05) is 0 Å². The van der Waals surface area contributed by atoms with Crippen LogP contribution in [0.1, 0.15) is 50.0 Å². The number of carbonyl (C=O) groups excluding carboxylic acids is 1.